The zero-order valence-corrected chi connectivity index (χ0v) is 9.47. The molecule has 86 valence electrons. The van der Waals surface area contributed by atoms with Crippen LogP contribution in [0.2, 0.25) is 0 Å². The van der Waals surface area contributed by atoms with Crippen LogP contribution in [0.4, 0.5) is 0 Å². The third kappa shape index (κ3) is 2.04. The quantitative estimate of drug-likeness (QED) is 0.747. The Morgan fingerprint density at radius 3 is 2.53 bits per heavy atom. The number of fused-ring (bicyclic) bond motifs is 1. The number of rotatable bonds is 3. The summed E-state index contributed by atoms with van der Waals surface area (Å²) in [6.07, 6.45) is 2.51. The molecule has 0 aliphatic heterocycles. The Morgan fingerprint density at radius 2 is 1.88 bits per heavy atom. The molecule has 0 spiro atoms. The zero-order chi connectivity index (χ0) is 12.4. The van der Waals surface area contributed by atoms with Crippen LogP contribution in [0.5, 0.6) is 0 Å². The average Bonchev–Trinajstić information content (AvgIpc) is 2.35. The van der Waals surface area contributed by atoms with Gasteiger partial charge >= 0.3 is 0 Å². The van der Waals surface area contributed by atoms with Crippen LogP contribution in [-0.2, 0) is 4.74 Å². The summed E-state index contributed by atoms with van der Waals surface area (Å²) in [5, 5.41) is 0. The molecule has 3 nitrogen and oxygen atoms in total. The topological polar surface area (TPSA) is 43.4 Å². The van der Waals surface area contributed by atoms with Crippen molar-refractivity contribution < 1.29 is 14.3 Å². The molecule has 1 aliphatic rings. The minimum Gasteiger partial charge on any atom is -0.482 e. The maximum atomic E-state index is 12.0. The molecule has 0 saturated carbocycles. The van der Waals surface area contributed by atoms with Crippen LogP contribution >= 0.6 is 0 Å². The zero-order valence-electron chi connectivity index (χ0n) is 9.47. The van der Waals surface area contributed by atoms with Crippen LogP contribution in [-0.4, -0.2) is 17.7 Å². The summed E-state index contributed by atoms with van der Waals surface area (Å²) in [6, 6.07) is 6.73. The highest BCUT2D eigenvalue weighted by molar-refractivity contribution is 6.23. The van der Waals surface area contributed by atoms with E-state index in [0.29, 0.717) is 11.1 Å². The number of ether oxygens (including phenoxy) is 1. The lowest BCUT2D eigenvalue weighted by Crippen LogP contribution is -2.20. The summed E-state index contributed by atoms with van der Waals surface area (Å²) in [6.45, 7) is 5.32. The Balaban J connectivity index is 2.38. The highest BCUT2D eigenvalue weighted by Gasteiger charge is 2.26. The van der Waals surface area contributed by atoms with E-state index in [1.54, 1.807) is 37.3 Å². The monoisotopic (exact) mass is 228 g/mol. The lowest BCUT2D eigenvalue weighted by atomic mass is 9.94. The molecule has 1 aromatic carbocycles. The molecule has 0 N–H and O–H groups in total. The normalized spacial score (nSPS) is 15.9. The van der Waals surface area contributed by atoms with Gasteiger partial charge in [-0.3, -0.25) is 9.59 Å². The van der Waals surface area contributed by atoms with Gasteiger partial charge in [-0.25, -0.2) is 0 Å². The minimum atomic E-state index is -0.303. The maximum Gasteiger partial charge on any atom is 0.228 e. The lowest BCUT2D eigenvalue weighted by molar-refractivity contribution is 0.0843. The van der Waals surface area contributed by atoms with E-state index < -0.39 is 0 Å². The third-order valence-corrected chi connectivity index (χ3v) is 2.57. The molecule has 0 bridgehead atoms. The number of ketones is 2. The predicted molar refractivity (Wildman–Crippen MR) is 63.9 cm³/mol. The van der Waals surface area contributed by atoms with Crippen molar-refractivity contribution in [1.29, 1.82) is 0 Å². The summed E-state index contributed by atoms with van der Waals surface area (Å²) in [5.41, 5.74) is 0.822. The second kappa shape index (κ2) is 4.37. The van der Waals surface area contributed by atoms with Gasteiger partial charge in [-0.05, 0) is 6.92 Å². The van der Waals surface area contributed by atoms with Gasteiger partial charge < -0.3 is 4.74 Å². The molecule has 1 aliphatic carbocycles. The summed E-state index contributed by atoms with van der Waals surface area (Å²) in [7, 11) is 0. The Labute approximate surface area is 99.4 Å². The summed E-state index contributed by atoms with van der Waals surface area (Å²) < 4.78 is 5.35. The number of benzene rings is 1. The number of hydrogen-bond donors (Lipinski definition) is 0. The minimum absolute atomic E-state index is 0.0844. The van der Waals surface area contributed by atoms with Crippen molar-refractivity contribution in [3.63, 3.8) is 0 Å². The van der Waals surface area contributed by atoms with Gasteiger partial charge in [0.05, 0.1) is 0 Å². The van der Waals surface area contributed by atoms with Crippen LogP contribution in [0.25, 0.3) is 0 Å². The fourth-order valence-corrected chi connectivity index (χ4v) is 1.63. The molecule has 17 heavy (non-hydrogen) atoms. The molecule has 0 heterocycles. The Bertz CT molecular complexity index is 526. The van der Waals surface area contributed by atoms with Gasteiger partial charge in [-0.1, -0.05) is 36.9 Å². The maximum absolute atomic E-state index is 12.0. The molecule has 0 fully saturated rings. The van der Waals surface area contributed by atoms with Gasteiger partial charge in [-0.2, -0.15) is 0 Å². The Kier molecular flexibility index (Phi) is 2.91. The largest absolute Gasteiger partial charge is 0.482 e. The van der Waals surface area contributed by atoms with Crippen molar-refractivity contribution in [2.75, 3.05) is 0 Å². The molecule has 1 atom stereocenters. The van der Waals surface area contributed by atoms with Gasteiger partial charge in [0.2, 0.25) is 5.78 Å². The van der Waals surface area contributed by atoms with E-state index in [1.807, 2.05) is 0 Å². The van der Waals surface area contributed by atoms with Gasteiger partial charge in [0.25, 0.3) is 0 Å². The lowest BCUT2D eigenvalue weighted by Gasteiger charge is -2.17. The van der Waals surface area contributed by atoms with Crippen molar-refractivity contribution in [1.82, 2.24) is 0 Å². The van der Waals surface area contributed by atoms with Crippen LogP contribution in [0.1, 0.15) is 27.6 Å². The number of hydrogen-bond acceptors (Lipinski definition) is 3. The van der Waals surface area contributed by atoms with Crippen LogP contribution in [0.15, 0.2) is 48.8 Å². The van der Waals surface area contributed by atoms with Crippen LogP contribution in [0.3, 0.4) is 0 Å². The molecule has 0 aromatic heterocycles. The highest BCUT2D eigenvalue weighted by Crippen LogP contribution is 2.22. The fourth-order valence-electron chi connectivity index (χ4n) is 1.63. The van der Waals surface area contributed by atoms with E-state index in [-0.39, 0.29) is 23.4 Å². The van der Waals surface area contributed by atoms with Crippen molar-refractivity contribution in [2.45, 2.75) is 13.0 Å². The summed E-state index contributed by atoms with van der Waals surface area (Å²) >= 11 is 0. The molecule has 2 rings (SSSR count). The second-order valence-electron chi connectivity index (χ2n) is 3.81. The first kappa shape index (κ1) is 11.3. The summed E-state index contributed by atoms with van der Waals surface area (Å²) in [5.74, 6) is -0.374. The van der Waals surface area contributed by atoms with Gasteiger partial charge in [0.1, 0.15) is 6.10 Å². The van der Waals surface area contributed by atoms with Gasteiger partial charge in [0, 0.05) is 17.2 Å². The van der Waals surface area contributed by atoms with Crippen LogP contribution in [0, 0.1) is 0 Å². The van der Waals surface area contributed by atoms with Crippen molar-refractivity contribution in [2.24, 2.45) is 0 Å². The van der Waals surface area contributed by atoms with Crippen molar-refractivity contribution >= 4 is 11.6 Å². The molecule has 1 unspecified atom stereocenters. The molecule has 3 heteroatoms. The molecule has 0 radical (unpaired) electrons. The molecule has 0 amide bonds. The molecular weight excluding hydrogens is 216 g/mol. The molecule has 0 saturated heterocycles. The highest BCUT2D eigenvalue weighted by atomic mass is 16.5. The van der Waals surface area contributed by atoms with Gasteiger partial charge in [0.15, 0.2) is 11.5 Å². The number of carbonyl (C=O) groups excluding carboxylic acids is 2. The molecular formula is C14H12O3. The average molecular weight is 228 g/mol. The number of carbonyl (C=O) groups is 2. The van der Waals surface area contributed by atoms with E-state index in [9.17, 15) is 9.59 Å². The van der Waals surface area contributed by atoms with Gasteiger partial charge in [-0.15, -0.1) is 0 Å². The number of Topliss-reactive ketones (excluding diaryl/α,β-unsaturated/α-hetero) is 1. The fraction of sp³-hybridized carbons (Fsp3) is 0.143. The van der Waals surface area contributed by atoms with E-state index in [0.717, 1.165) is 0 Å². The van der Waals surface area contributed by atoms with E-state index in [2.05, 4.69) is 6.58 Å². The first-order chi connectivity index (χ1) is 8.13. The van der Waals surface area contributed by atoms with E-state index >= 15 is 0 Å². The SMILES string of the molecule is C=CC(C)OC1=CC(=O)c2ccccc2C1=O. The van der Waals surface area contributed by atoms with E-state index in [1.165, 1.54) is 6.08 Å². The smallest absolute Gasteiger partial charge is 0.228 e. The third-order valence-electron chi connectivity index (χ3n) is 2.57. The summed E-state index contributed by atoms with van der Waals surface area (Å²) in [4.78, 5) is 23.8. The van der Waals surface area contributed by atoms with Crippen molar-refractivity contribution in [3.8, 4) is 0 Å². The second-order valence-corrected chi connectivity index (χ2v) is 3.81. The Hall–Kier alpha value is -2.16. The standard InChI is InChI=1S/C14H12O3/c1-3-9(2)17-13-8-12(15)10-6-4-5-7-11(10)14(13)16/h3-9H,1H2,2H3. The Morgan fingerprint density at radius 1 is 1.24 bits per heavy atom. The number of allylic oxidation sites excluding steroid dienone is 2. The first-order valence-electron chi connectivity index (χ1n) is 5.32. The molecule has 1 aromatic rings. The van der Waals surface area contributed by atoms with Crippen molar-refractivity contribution in [3.05, 3.63) is 59.9 Å². The van der Waals surface area contributed by atoms with Crippen LogP contribution < -0.4 is 0 Å². The predicted octanol–water partition coefficient (Wildman–Crippen LogP) is 2.54. The first-order valence-corrected chi connectivity index (χ1v) is 5.32. The van der Waals surface area contributed by atoms with E-state index in [4.69, 9.17) is 4.74 Å².